The standard InChI is InChI=1S/C9H14ClN3/c1-2-8-11-12-9(10)13(8)7-5-3-4-6-7/h7H,2-6H2,1H3. The van der Waals surface area contributed by atoms with Gasteiger partial charge in [0.25, 0.3) is 0 Å². The number of halogens is 1. The first-order valence-corrected chi connectivity index (χ1v) is 5.30. The molecule has 0 atom stereocenters. The van der Waals surface area contributed by atoms with Crippen molar-refractivity contribution in [3.63, 3.8) is 0 Å². The van der Waals surface area contributed by atoms with Crippen LogP contribution >= 0.6 is 11.6 Å². The average Bonchev–Trinajstić information content (AvgIpc) is 2.72. The van der Waals surface area contributed by atoms with Crippen LogP contribution in [0.2, 0.25) is 5.28 Å². The topological polar surface area (TPSA) is 30.7 Å². The summed E-state index contributed by atoms with van der Waals surface area (Å²) in [6.07, 6.45) is 5.98. The summed E-state index contributed by atoms with van der Waals surface area (Å²) in [5.41, 5.74) is 0. The molecule has 2 rings (SSSR count). The second-order valence-electron chi connectivity index (χ2n) is 3.55. The van der Waals surface area contributed by atoms with Crippen molar-refractivity contribution < 1.29 is 0 Å². The summed E-state index contributed by atoms with van der Waals surface area (Å²) in [7, 11) is 0. The van der Waals surface area contributed by atoms with Crippen molar-refractivity contribution in [1.29, 1.82) is 0 Å². The van der Waals surface area contributed by atoms with Crippen LogP contribution in [0, 0.1) is 0 Å². The molecule has 0 unspecified atom stereocenters. The van der Waals surface area contributed by atoms with Gasteiger partial charge in [-0.25, -0.2) is 0 Å². The first-order chi connectivity index (χ1) is 6.33. The fraction of sp³-hybridized carbons (Fsp3) is 0.778. The average molecular weight is 200 g/mol. The molecule has 1 fully saturated rings. The van der Waals surface area contributed by atoms with Gasteiger partial charge in [-0.3, -0.25) is 4.57 Å². The molecule has 0 saturated heterocycles. The zero-order valence-corrected chi connectivity index (χ0v) is 8.59. The van der Waals surface area contributed by atoms with Crippen molar-refractivity contribution in [1.82, 2.24) is 14.8 Å². The van der Waals surface area contributed by atoms with Crippen LogP contribution in [0.15, 0.2) is 0 Å². The predicted octanol–water partition coefficient (Wildman–Crippen LogP) is 2.61. The normalized spacial score (nSPS) is 18.3. The number of rotatable bonds is 2. The lowest BCUT2D eigenvalue weighted by Gasteiger charge is -2.13. The molecule has 1 aliphatic carbocycles. The highest BCUT2D eigenvalue weighted by molar-refractivity contribution is 6.28. The molecule has 1 saturated carbocycles. The summed E-state index contributed by atoms with van der Waals surface area (Å²) in [4.78, 5) is 0. The Labute approximate surface area is 83.1 Å². The van der Waals surface area contributed by atoms with Crippen molar-refractivity contribution in [2.24, 2.45) is 0 Å². The first-order valence-electron chi connectivity index (χ1n) is 4.92. The second-order valence-corrected chi connectivity index (χ2v) is 3.89. The Hall–Kier alpha value is -0.570. The third-order valence-electron chi connectivity index (χ3n) is 2.73. The molecule has 0 amide bonds. The number of hydrogen-bond donors (Lipinski definition) is 0. The summed E-state index contributed by atoms with van der Waals surface area (Å²) in [6.45, 7) is 2.09. The predicted molar refractivity (Wildman–Crippen MR) is 51.9 cm³/mol. The minimum absolute atomic E-state index is 0.553. The van der Waals surface area contributed by atoms with Crippen molar-refractivity contribution in [2.45, 2.75) is 45.1 Å². The van der Waals surface area contributed by atoms with Crippen LogP contribution in [0.5, 0.6) is 0 Å². The van der Waals surface area contributed by atoms with Crippen molar-refractivity contribution in [3.8, 4) is 0 Å². The van der Waals surface area contributed by atoms with Gasteiger partial charge in [-0.05, 0) is 24.4 Å². The van der Waals surface area contributed by atoms with E-state index in [1.807, 2.05) is 0 Å². The lowest BCUT2D eigenvalue weighted by atomic mass is 10.2. The maximum Gasteiger partial charge on any atom is 0.225 e. The van der Waals surface area contributed by atoms with Crippen molar-refractivity contribution >= 4 is 11.6 Å². The smallest absolute Gasteiger partial charge is 0.225 e. The van der Waals surface area contributed by atoms with Crippen LogP contribution in [0.3, 0.4) is 0 Å². The van der Waals surface area contributed by atoms with Crippen LogP contribution in [0.4, 0.5) is 0 Å². The Kier molecular flexibility index (Phi) is 2.54. The molecule has 1 aliphatic rings. The van der Waals surface area contributed by atoms with E-state index in [-0.39, 0.29) is 0 Å². The van der Waals surface area contributed by atoms with Crippen molar-refractivity contribution in [3.05, 3.63) is 11.1 Å². The summed E-state index contributed by atoms with van der Waals surface area (Å²) in [5, 5.41) is 8.53. The molecule has 1 aromatic rings. The van der Waals surface area contributed by atoms with Gasteiger partial charge in [-0.2, -0.15) is 0 Å². The Bertz CT molecular complexity index is 289. The summed E-state index contributed by atoms with van der Waals surface area (Å²) in [6, 6.07) is 0.553. The maximum absolute atomic E-state index is 5.99. The first kappa shape index (κ1) is 9.00. The Morgan fingerprint density at radius 3 is 2.69 bits per heavy atom. The Morgan fingerprint density at radius 1 is 1.38 bits per heavy atom. The van der Waals surface area contributed by atoms with E-state index in [1.54, 1.807) is 0 Å². The molecule has 13 heavy (non-hydrogen) atoms. The Morgan fingerprint density at radius 2 is 2.08 bits per heavy atom. The van der Waals surface area contributed by atoms with E-state index >= 15 is 0 Å². The molecule has 3 nitrogen and oxygen atoms in total. The van der Waals surface area contributed by atoms with Crippen LogP contribution in [-0.2, 0) is 6.42 Å². The third kappa shape index (κ3) is 1.57. The SMILES string of the molecule is CCc1nnc(Cl)n1C1CCCC1. The number of nitrogens with zero attached hydrogens (tertiary/aromatic N) is 3. The van der Waals surface area contributed by atoms with Gasteiger partial charge in [0.1, 0.15) is 5.82 Å². The van der Waals surface area contributed by atoms with Crippen molar-refractivity contribution in [2.75, 3.05) is 0 Å². The minimum atomic E-state index is 0.553. The van der Waals surface area contributed by atoms with Gasteiger partial charge >= 0.3 is 0 Å². The molecule has 4 heteroatoms. The fourth-order valence-electron chi connectivity index (χ4n) is 2.07. The molecule has 0 N–H and O–H groups in total. The summed E-state index contributed by atoms with van der Waals surface area (Å²) >= 11 is 5.99. The molecule has 0 radical (unpaired) electrons. The maximum atomic E-state index is 5.99. The summed E-state index contributed by atoms with van der Waals surface area (Å²) in [5.74, 6) is 1.02. The van der Waals surface area contributed by atoms with E-state index in [9.17, 15) is 0 Å². The lowest BCUT2D eigenvalue weighted by molar-refractivity contribution is 0.499. The molecular weight excluding hydrogens is 186 g/mol. The monoisotopic (exact) mass is 199 g/mol. The molecule has 0 spiro atoms. The third-order valence-corrected chi connectivity index (χ3v) is 2.99. The van der Waals surface area contributed by atoms with Gasteiger partial charge in [0.2, 0.25) is 5.28 Å². The molecule has 72 valence electrons. The van der Waals surface area contributed by atoms with E-state index in [0.29, 0.717) is 11.3 Å². The van der Waals surface area contributed by atoms with Gasteiger partial charge in [-0.15, -0.1) is 10.2 Å². The van der Waals surface area contributed by atoms with Crippen LogP contribution in [-0.4, -0.2) is 14.8 Å². The second kappa shape index (κ2) is 3.66. The highest BCUT2D eigenvalue weighted by Crippen LogP contribution is 2.32. The van der Waals surface area contributed by atoms with Gasteiger partial charge in [-0.1, -0.05) is 19.8 Å². The van der Waals surface area contributed by atoms with Crippen LogP contribution in [0.25, 0.3) is 0 Å². The molecule has 0 bridgehead atoms. The molecule has 1 heterocycles. The molecular formula is C9H14ClN3. The Balaban J connectivity index is 2.30. The van der Waals surface area contributed by atoms with Gasteiger partial charge < -0.3 is 0 Å². The molecule has 0 aromatic carbocycles. The van der Waals surface area contributed by atoms with Gasteiger partial charge in [0.05, 0.1) is 0 Å². The fourth-order valence-corrected chi connectivity index (χ4v) is 2.34. The van der Waals surface area contributed by atoms with Gasteiger partial charge in [0, 0.05) is 12.5 Å². The van der Waals surface area contributed by atoms with Crippen LogP contribution in [0.1, 0.15) is 44.5 Å². The van der Waals surface area contributed by atoms with Gasteiger partial charge in [0.15, 0.2) is 0 Å². The summed E-state index contributed by atoms with van der Waals surface area (Å²) < 4.78 is 2.11. The molecule has 0 aliphatic heterocycles. The number of hydrogen-bond acceptors (Lipinski definition) is 2. The van der Waals surface area contributed by atoms with E-state index in [2.05, 4.69) is 21.7 Å². The minimum Gasteiger partial charge on any atom is -0.299 e. The quantitative estimate of drug-likeness (QED) is 0.733. The van der Waals surface area contributed by atoms with E-state index in [0.717, 1.165) is 12.2 Å². The van der Waals surface area contributed by atoms with E-state index < -0.39 is 0 Å². The molecule has 1 aromatic heterocycles. The lowest BCUT2D eigenvalue weighted by Crippen LogP contribution is -2.08. The zero-order valence-electron chi connectivity index (χ0n) is 7.83. The van der Waals surface area contributed by atoms with E-state index in [4.69, 9.17) is 11.6 Å². The largest absolute Gasteiger partial charge is 0.299 e. The highest BCUT2D eigenvalue weighted by Gasteiger charge is 2.21. The zero-order chi connectivity index (χ0) is 9.26. The number of aromatic nitrogens is 3. The number of aryl methyl sites for hydroxylation is 1. The van der Waals surface area contributed by atoms with Crippen LogP contribution < -0.4 is 0 Å². The van der Waals surface area contributed by atoms with E-state index in [1.165, 1.54) is 25.7 Å². The highest BCUT2D eigenvalue weighted by atomic mass is 35.5.